The molecule has 0 heterocycles. The Kier molecular flexibility index (Phi) is 1.93. The predicted molar refractivity (Wildman–Crippen MR) is 30.5 cm³/mol. The highest BCUT2D eigenvalue weighted by atomic mass is 15.1. The van der Waals surface area contributed by atoms with Gasteiger partial charge in [-0.3, -0.25) is 0 Å². The molecule has 2 nitrogen and oxygen atoms in total. The minimum Gasteiger partial charge on any atom is -0.197 e. The average molecular weight is 100 g/mol. The number of nitrogens with zero attached hydrogens (tertiary/aromatic N) is 2. The summed E-state index contributed by atoms with van der Waals surface area (Å²) in [5, 5.41) is 7.51. The Balaban J connectivity index is 3.56. The molecule has 2 heteroatoms. The highest BCUT2D eigenvalue weighted by Gasteiger charge is 2.04. The molecule has 0 atom stereocenters. The van der Waals surface area contributed by atoms with Gasteiger partial charge in [0, 0.05) is 7.05 Å². The van der Waals surface area contributed by atoms with Gasteiger partial charge in [0.2, 0.25) is 0 Å². The average Bonchev–Trinajstić information content (AvgIpc) is 1.30. The van der Waals surface area contributed by atoms with Crippen LogP contribution in [-0.4, -0.2) is 12.6 Å². The molecule has 0 radical (unpaired) electrons. The second kappa shape index (κ2) is 2.05. The van der Waals surface area contributed by atoms with Crippen molar-refractivity contribution in [1.82, 2.24) is 0 Å². The van der Waals surface area contributed by atoms with Crippen molar-refractivity contribution in [3.05, 3.63) is 0 Å². The van der Waals surface area contributed by atoms with Gasteiger partial charge in [-0.1, -0.05) is 0 Å². The third-order valence-corrected chi connectivity index (χ3v) is 0.400. The van der Waals surface area contributed by atoms with Gasteiger partial charge < -0.3 is 0 Å². The Morgan fingerprint density at radius 1 is 1.14 bits per heavy atom. The standard InChI is InChI=1S/C5H12N2/c1-5(2,3)7-6-4/h1-4H3/b7-6-. The Hall–Kier alpha value is -0.400. The molecule has 0 unspecified atom stereocenters. The first-order valence-corrected chi connectivity index (χ1v) is 2.37. The van der Waals surface area contributed by atoms with Crippen LogP contribution in [0.1, 0.15) is 20.8 Å². The SMILES string of the molecule is C/N=N\C(C)(C)C. The zero-order chi connectivity index (χ0) is 5.91. The van der Waals surface area contributed by atoms with Crippen LogP contribution in [0.15, 0.2) is 10.2 Å². The van der Waals surface area contributed by atoms with Crippen molar-refractivity contribution in [3.63, 3.8) is 0 Å². The van der Waals surface area contributed by atoms with E-state index in [0.29, 0.717) is 0 Å². The van der Waals surface area contributed by atoms with Crippen molar-refractivity contribution in [2.45, 2.75) is 26.3 Å². The van der Waals surface area contributed by atoms with Crippen LogP contribution in [-0.2, 0) is 0 Å². The van der Waals surface area contributed by atoms with Gasteiger partial charge in [-0.25, -0.2) is 0 Å². The molecule has 0 aromatic rings. The zero-order valence-corrected chi connectivity index (χ0v) is 5.39. The van der Waals surface area contributed by atoms with E-state index >= 15 is 0 Å². The summed E-state index contributed by atoms with van der Waals surface area (Å²) in [6.45, 7) is 6.04. The maximum atomic E-state index is 3.88. The van der Waals surface area contributed by atoms with E-state index in [1.807, 2.05) is 20.8 Å². The number of hydrogen-bond donors (Lipinski definition) is 0. The Morgan fingerprint density at radius 2 is 1.57 bits per heavy atom. The number of hydrogen-bond acceptors (Lipinski definition) is 2. The fourth-order valence-corrected chi connectivity index (χ4v) is 0.300. The lowest BCUT2D eigenvalue weighted by atomic mass is 10.1. The minimum atomic E-state index is 0.00868. The molecule has 0 saturated carbocycles. The van der Waals surface area contributed by atoms with Crippen molar-refractivity contribution in [3.8, 4) is 0 Å². The molecule has 0 fully saturated rings. The molecule has 0 spiro atoms. The normalized spacial score (nSPS) is 13.1. The summed E-state index contributed by atoms with van der Waals surface area (Å²) in [5.74, 6) is 0. The van der Waals surface area contributed by atoms with Gasteiger partial charge in [0.05, 0.1) is 5.54 Å². The van der Waals surface area contributed by atoms with Crippen LogP contribution in [0.2, 0.25) is 0 Å². The topological polar surface area (TPSA) is 24.7 Å². The molecule has 0 aliphatic heterocycles. The minimum absolute atomic E-state index is 0.00868. The van der Waals surface area contributed by atoms with Gasteiger partial charge in [0.1, 0.15) is 0 Å². The maximum absolute atomic E-state index is 3.88. The molecular weight excluding hydrogens is 88.1 g/mol. The lowest BCUT2D eigenvalue weighted by molar-refractivity contribution is 0.547. The summed E-state index contributed by atoms with van der Waals surface area (Å²) < 4.78 is 0. The van der Waals surface area contributed by atoms with Gasteiger partial charge in [-0.15, -0.1) is 0 Å². The monoisotopic (exact) mass is 100 g/mol. The molecular formula is C5H12N2. The Labute approximate surface area is 44.6 Å². The van der Waals surface area contributed by atoms with Gasteiger partial charge in [-0.2, -0.15) is 10.2 Å². The van der Waals surface area contributed by atoms with Crippen LogP contribution in [0.4, 0.5) is 0 Å². The van der Waals surface area contributed by atoms with Crippen LogP contribution >= 0.6 is 0 Å². The molecule has 0 N–H and O–H groups in total. The van der Waals surface area contributed by atoms with Gasteiger partial charge in [0.15, 0.2) is 0 Å². The fraction of sp³-hybridized carbons (Fsp3) is 1.00. The summed E-state index contributed by atoms with van der Waals surface area (Å²) in [4.78, 5) is 0. The van der Waals surface area contributed by atoms with Crippen LogP contribution in [0.3, 0.4) is 0 Å². The van der Waals surface area contributed by atoms with Crippen molar-refractivity contribution >= 4 is 0 Å². The summed E-state index contributed by atoms with van der Waals surface area (Å²) in [6, 6.07) is 0. The lowest BCUT2D eigenvalue weighted by Gasteiger charge is -2.06. The van der Waals surface area contributed by atoms with Crippen molar-refractivity contribution in [2.75, 3.05) is 7.05 Å². The molecule has 0 aromatic carbocycles. The smallest absolute Gasteiger partial charge is 0.0731 e. The molecule has 7 heavy (non-hydrogen) atoms. The van der Waals surface area contributed by atoms with Crippen molar-refractivity contribution in [1.29, 1.82) is 0 Å². The number of rotatable bonds is 0. The Bertz CT molecular complexity index is 68.6. The molecule has 0 bridgehead atoms. The van der Waals surface area contributed by atoms with Crippen LogP contribution < -0.4 is 0 Å². The lowest BCUT2D eigenvalue weighted by Crippen LogP contribution is -2.07. The quantitative estimate of drug-likeness (QED) is 0.415. The van der Waals surface area contributed by atoms with E-state index in [9.17, 15) is 0 Å². The third kappa shape index (κ3) is 5.60. The largest absolute Gasteiger partial charge is 0.197 e. The molecule has 42 valence electrons. The fourth-order valence-electron chi connectivity index (χ4n) is 0.300. The molecule has 0 rings (SSSR count). The van der Waals surface area contributed by atoms with E-state index < -0.39 is 0 Å². The first-order chi connectivity index (χ1) is 3.06. The summed E-state index contributed by atoms with van der Waals surface area (Å²) >= 11 is 0. The highest BCUT2D eigenvalue weighted by Crippen LogP contribution is 2.04. The second-order valence-corrected chi connectivity index (χ2v) is 2.47. The van der Waals surface area contributed by atoms with Crippen molar-refractivity contribution < 1.29 is 0 Å². The maximum Gasteiger partial charge on any atom is 0.0731 e. The van der Waals surface area contributed by atoms with E-state index in [-0.39, 0.29) is 5.54 Å². The highest BCUT2D eigenvalue weighted by molar-refractivity contribution is 4.65. The predicted octanol–water partition coefficient (Wildman–Crippen LogP) is 1.87. The van der Waals surface area contributed by atoms with E-state index in [1.54, 1.807) is 7.05 Å². The Morgan fingerprint density at radius 3 is 1.57 bits per heavy atom. The third-order valence-electron chi connectivity index (χ3n) is 0.400. The van der Waals surface area contributed by atoms with E-state index in [0.717, 1.165) is 0 Å². The first kappa shape index (κ1) is 6.60. The van der Waals surface area contributed by atoms with E-state index in [4.69, 9.17) is 0 Å². The van der Waals surface area contributed by atoms with Crippen LogP contribution in [0.5, 0.6) is 0 Å². The molecule has 0 amide bonds. The van der Waals surface area contributed by atoms with Crippen LogP contribution in [0, 0.1) is 0 Å². The van der Waals surface area contributed by atoms with Gasteiger partial charge in [0.25, 0.3) is 0 Å². The molecule has 0 saturated heterocycles. The summed E-state index contributed by atoms with van der Waals surface area (Å²) in [7, 11) is 1.69. The van der Waals surface area contributed by atoms with Crippen molar-refractivity contribution in [2.24, 2.45) is 10.2 Å². The van der Waals surface area contributed by atoms with Gasteiger partial charge in [-0.05, 0) is 20.8 Å². The first-order valence-electron chi connectivity index (χ1n) is 2.37. The molecule has 0 aromatic heterocycles. The number of azo groups is 1. The molecule has 0 aliphatic carbocycles. The summed E-state index contributed by atoms with van der Waals surface area (Å²) in [6.07, 6.45) is 0. The van der Waals surface area contributed by atoms with Crippen LogP contribution in [0.25, 0.3) is 0 Å². The molecule has 0 aliphatic rings. The second-order valence-electron chi connectivity index (χ2n) is 2.47. The van der Waals surface area contributed by atoms with E-state index in [1.165, 1.54) is 0 Å². The van der Waals surface area contributed by atoms with Gasteiger partial charge >= 0.3 is 0 Å². The summed E-state index contributed by atoms with van der Waals surface area (Å²) in [5.41, 5.74) is 0.00868. The van der Waals surface area contributed by atoms with E-state index in [2.05, 4.69) is 10.2 Å². The zero-order valence-electron chi connectivity index (χ0n) is 5.39.